The molecule has 0 fully saturated rings. The van der Waals surface area contributed by atoms with E-state index in [0.29, 0.717) is 5.56 Å². The number of ether oxygens (including phenoxy) is 1. The zero-order chi connectivity index (χ0) is 22.1. The van der Waals surface area contributed by atoms with E-state index < -0.39 is 43.1 Å². The molecule has 0 saturated carbocycles. The summed E-state index contributed by atoms with van der Waals surface area (Å²) in [4.78, 5) is 14.6. The first-order valence-corrected chi connectivity index (χ1v) is 8.85. The highest BCUT2D eigenvalue weighted by Crippen LogP contribution is 2.36. The fourth-order valence-electron chi connectivity index (χ4n) is 2.63. The van der Waals surface area contributed by atoms with Crippen LogP contribution in [-0.4, -0.2) is 39.0 Å². The lowest BCUT2D eigenvalue weighted by Crippen LogP contribution is -2.23. The molecule has 0 N–H and O–H groups in total. The summed E-state index contributed by atoms with van der Waals surface area (Å²) in [5, 5.41) is 0.130. The Morgan fingerprint density at radius 3 is 2.33 bits per heavy atom. The molecule has 0 aliphatic heterocycles. The van der Waals surface area contributed by atoms with Crippen molar-refractivity contribution in [1.82, 2.24) is 19.9 Å². The van der Waals surface area contributed by atoms with E-state index in [4.69, 9.17) is 16.3 Å². The van der Waals surface area contributed by atoms with Crippen molar-refractivity contribution in [3.63, 3.8) is 0 Å². The number of fused-ring (bicyclic) bond motifs is 1. The topological polar surface area (TPSA) is 60.8 Å². The van der Waals surface area contributed by atoms with Gasteiger partial charge in [-0.05, 0) is 18.6 Å². The molecule has 0 aliphatic carbocycles. The molecule has 0 aliphatic rings. The number of alkyl halides is 6. The van der Waals surface area contributed by atoms with Gasteiger partial charge in [0.25, 0.3) is 0 Å². The number of hydrogen-bond donors (Lipinski definition) is 0. The highest BCUT2D eigenvalue weighted by molar-refractivity contribution is 6.30. The molecule has 2 heterocycles. The van der Waals surface area contributed by atoms with Crippen molar-refractivity contribution in [2.24, 2.45) is 0 Å². The molecule has 2 unspecified atom stereocenters. The number of nitrogens with zero attached hydrogens (tertiary/aromatic N) is 4. The quantitative estimate of drug-likeness (QED) is 0.472. The van der Waals surface area contributed by atoms with Crippen LogP contribution in [0.15, 0.2) is 24.5 Å². The van der Waals surface area contributed by atoms with Crippen LogP contribution in [0, 0.1) is 6.92 Å². The normalized spacial score (nSPS) is 14.0. The third kappa shape index (κ3) is 4.72. The molecule has 0 radical (unpaired) electrons. The monoisotopic (exact) mass is 450 g/mol. The van der Waals surface area contributed by atoms with E-state index >= 15 is 0 Å². The fourth-order valence-corrected chi connectivity index (χ4v) is 2.73. The second kappa shape index (κ2) is 8.58. The maximum atomic E-state index is 14.1. The van der Waals surface area contributed by atoms with E-state index in [0.717, 1.165) is 0 Å². The summed E-state index contributed by atoms with van der Waals surface area (Å²) in [6.07, 6.45) is -8.34. The van der Waals surface area contributed by atoms with Crippen molar-refractivity contribution in [3.8, 4) is 11.8 Å². The Morgan fingerprint density at radius 2 is 1.73 bits per heavy atom. The second-order valence-electron chi connectivity index (χ2n) is 6.27. The predicted molar refractivity (Wildman–Crippen MR) is 95.9 cm³/mol. The van der Waals surface area contributed by atoms with E-state index in [1.54, 1.807) is 0 Å². The first kappa shape index (κ1) is 22.0. The Morgan fingerprint density at radius 1 is 1.07 bits per heavy atom. The minimum atomic E-state index is -4.94. The molecule has 2 aromatic heterocycles. The van der Waals surface area contributed by atoms with Gasteiger partial charge < -0.3 is 4.74 Å². The van der Waals surface area contributed by atoms with Crippen molar-refractivity contribution in [2.45, 2.75) is 31.9 Å². The van der Waals surface area contributed by atoms with Gasteiger partial charge in [-0.1, -0.05) is 17.7 Å². The molecule has 0 saturated heterocycles. The Bertz CT molecular complexity index is 1050. The molecule has 1 aromatic carbocycles. The van der Waals surface area contributed by atoms with E-state index in [-0.39, 0.29) is 27.7 Å². The number of halogens is 7. The summed E-state index contributed by atoms with van der Waals surface area (Å²) < 4.78 is 85.3. The fraction of sp³-hybridized carbons (Fsp3) is 0.333. The summed E-state index contributed by atoms with van der Waals surface area (Å²) in [5.41, 5.74) is -0.355. The van der Waals surface area contributed by atoms with Crippen LogP contribution < -0.4 is 4.74 Å². The minimum Gasteiger partial charge on any atom is -0.424 e. The van der Waals surface area contributed by atoms with Gasteiger partial charge in [0.2, 0.25) is 5.82 Å². The summed E-state index contributed by atoms with van der Waals surface area (Å²) in [5.74, 6) is -1.61. The van der Waals surface area contributed by atoms with Gasteiger partial charge in [-0.25, -0.2) is 33.1 Å². The molecule has 2 atom stereocenters. The van der Waals surface area contributed by atoms with E-state index in [9.17, 15) is 26.3 Å². The van der Waals surface area contributed by atoms with Gasteiger partial charge in [0, 0.05) is 6.42 Å². The van der Waals surface area contributed by atoms with Crippen LogP contribution in [0.1, 0.15) is 17.1 Å². The van der Waals surface area contributed by atoms with Crippen LogP contribution in [0.25, 0.3) is 10.9 Å². The lowest BCUT2D eigenvalue weighted by atomic mass is 10.0. The lowest BCUT2D eigenvalue weighted by molar-refractivity contribution is -0.144. The first-order valence-electron chi connectivity index (χ1n) is 8.47. The number of aryl methyl sites for hydroxylation is 1. The Balaban J connectivity index is 2.19. The number of aromatic nitrogens is 4. The van der Waals surface area contributed by atoms with Gasteiger partial charge in [0.05, 0.1) is 34.0 Å². The molecule has 0 amide bonds. The van der Waals surface area contributed by atoms with E-state index in [1.165, 1.54) is 31.5 Å². The smallest absolute Gasteiger partial charge is 0.424 e. The summed E-state index contributed by atoms with van der Waals surface area (Å²) >= 11 is 5.70. The maximum Gasteiger partial charge on any atom is 0.451 e. The van der Waals surface area contributed by atoms with Crippen LogP contribution in [0.2, 0.25) is 5.02 Å². The number of hydrogen-bond acceptors (Lipinski definition) is 5. The summed E-state index contributed by atoms with van der Waals surface area (Å²) in [6.45, 7) is -0.147. The van der Waals surface area contributed by atoms with E-state index in [1.807, 2.05) is 0 Å². The Kier molecular flexibility index (Phi) is 6.30. The summed E-state index contributed by atoms with van der Waals surface area (Å²) in [7, 11) is 0. The van der Waals surface area contributed by atoms with Gasteiger partial charge in [-0.15, -0.1) is 0 Å². The first-order chi connectivity index (χ1) is 14.1. The van der Waals surface area contributed by atoms with Crippen molar-refractivity contribution >= 4 is 22.5 Å². The van der Waals surface area contributed by atoms with Gasteiger partial charge in [0.15, 0.2) is 6.17 Å². The molecule has 0 bridgehead atoms. The van der Waals surface area contributed by atoms with Crippen LogP contribution in [0.4, 0.5) is 26.3 Å². The van der Waals surface area contributed by atoms with E-state index in [2.05, 4.69) is 19.9 Å². The minimum absolute atomic E-state index is 0.0792. The average molecular weight is 451 g/mol. The molecule has 12 heteroatoms. The number of benzene rings is 1. The second-order valence-corrected chi connectivity index (χ2v) is 6.71. The van der Waals surface area contributed by atoms with Crippen LogP contribution in [0.5, 0.6) is 11.8 Å². The maximum absolute atomic E-state index is 14.1. The zero-order valence-electron chi connectivity index (χ0n) is 15.2. The van der Waals surface area contributed by atoms with Gasteiger partial charge >= 0.3 is 12.2 Å². The van der Waals surface area contributed by atoms with Gasteiger partial charge in [-0.2, -0.15) is 13.2 Å². The SMILES string of the molecule is Cc1ccc(Oc2ncc(Cl)cn2)c2c(CC(F)C(F)CF)nc(C(F)(F)F)nc12. The van der Waals surface area contributed by atoms with Crippen molar-refractivity contribution in [3.05, 3.63) is 46.6 Å². The largest absolute Gasteiger partial charge is 0.451 e. The van der Waals surface area contributed by atoms with Crippen molar-refractivity contribution in [1.29, 1.82) is 0 Å². The molecule has 30 heavy (non-hydrogen) atoms. The Labute approximate surface area is 171 Å². The zero-order valence-corrected chi connectivity index (χ0v) is 16.0. The van der Waals surface area contributed by atoms with Crippen LogP contribution >= 0.6 is 11.6 Å². The molecule has 5 nitrogen and oxygen atoms in total. The highest BCUT2D eigenvalue weighted by atomic mass is 35.5. The van der Waals surface area contributed by atoms with Crippen LogP contribution in [0.3, 0.4) is 0 Å². The highest BCUT2D eigenvalue weighted by Gasteiger charge is 2.36. The summed E-state index contributed by atoms with van der Waals surface area (Å²) in [6, 6.07) is 2.61. The number of rotatable bonds is 6. The van der Waals surface area contributed by atoms with Gasteiger partial charge in [-0.3, -0.25) is 0 Å². The predicted octanol–water partition coefficient (Wildman–Crippen LogP) is 5.38. The molecule has 3 rings (SSSR count). The molecular weight excluding hydrogens is 438 g/mol. The standard InChI is InChI=1S/C18H13ClF6N4O/c1-8-2-3-13(30-17-26-6-9(19)7-27-17)14-12(4-10(21)11(22)5-20)28-16(18(23,24)25)29-15(8)14/h2-3,6-7,10-11H,4-5H2,1H3. The lowest BCUT2D eigenvalue weighted by Gasteiger charge is -2.17. The molecular formula is C18H13ClF6N4O. The van der Waals surface area contributed by atoms with Crippen molar-refractivity contribution < 1.29 is 31.1 Å². The average Bonchev–Trinajstić information content (AvgIpc) is 2.70. The molecule has 0 spiro atoms. The van der Waals surface area contributed by atoms with Crippen LogP contribution in [-0.2, 0) is 12.6 Å². The Hall–Kier alpha value is -2.69. The third-order valence-electron chi connectivity index (χ3n) is 4.07. The molecule has 160 valence electrons. The molecule has 3 aromatic rings. The van der Waals surface area contributed by atoms with Gasteiger partial charge in [0.1, 0.15) is 18.6 Å². The third-order valence-corrected chi connectivity index (χ3v) is 4.26. The van der Waals surface area contributed by atoms with Crippen molar-refractivity contribution in [2.75, 3.05) is 6.67 Å².